The van der Waals surface area contributed by atoms with E-state index in [0.717, 1.165) is 4.90 Å². The van der Waals surface area contributed by atoms with E-state index in [2.05, 4.69) is 4.98 Å². The molecule has 0 saturated carbocycles. The molecular formula is C17H12Cl3N3O2. The van der Waals surface area contributed by atoms with Crippen LogP contribution in [0.4, 0.5) is 5.69 Å². The van der Waals surface area contributed by atoms with Crippen molar-refractivity contribution in [3.63, 3.8) is 0 Å². The molecule has 0 N–H and O–H groups in total. The monoisotopic (exact) mass is 395 g/mol. The van der Waals surface area contributed by atoms with Crippen LogP contribution in [0.25, 0.3) is 0 Å². The molecule has 0 saturated heterocycles. The second kappa shape index (κ2) is 8.30. The van der Waals surface area contributed by atoms with Gasteiger partial charge in [-0.2, -0.15) is 5.26 Å². The summed E-state index contributed by atoms with van der Waals surface area (Å²) in [4.78, 5) is 30.3. The Labute approximate surface area is 159 Å². The number of halogens is 3. The zero-order valence-corrected chi connectivity index (χ0v) is 15.4. The molecule has 0 spiro atoms. The number of nitriles is 1. The maximum absolute atomic E-state index is 12.9. The van der Waals surface area contributed by atoms with Crippen LogP contribution in [0.3, 0.4) is 0 Å². The minimum Gasteiger partial charge on any atom is -0.274 e. The fourth-order valence-corrected chi connectivity index (χ4v) is 3.03. The van der Waals surface area contributed by atoms with Gasteiger partial charge in [0.15, 0.2) is 0 Å². The van der Waals surface area contributed by atoms with Gasteiger partial charge in [-0.3, -0.25) is 9.59 Å². The summed E-state index contributed by atoms with van der Waals surface area (Å²) < 4.78 is 0. The molecule has 0 aliphatic heterocycles. The van der Waals surface area contributed by atoms with E-state index in [-0.39, 0.29) is 38.4 Å². The fraction of sp³-hybridized carbons (Fsp3) is 0.176. The lowest BCUT2D eigenvalue weighted by atomic mass is 10.1. The molecule has 0 aliphatic rings. The van der Waals surface area contributed by atoms with E-state index in [1.807, 2.05) is 6.07 Å². The maximum Gasteiger partial charge on any atom is 0.268 e. The second-order valence-electron chi connectivity index (χ2n) is 5.03. The first kappa shape index (κ1) is 19.2. The van der Waals surface area contributed by atoms with Gasteiger partial charge in [-0.15, -0.1) is 0 Å². The summed E-state index contributed by atoms with van der Waals surface area (Å²) in [5, 5.41) is 8.98. The van der Waals surface area contributed by atoms with Crippen molar-refractivity contribution >= 4 is 52.3 Å². The molecule has 0 unspecified atom stereocenters. The average molecular weight is 397 g/mol. The topological polar surface area (TPSA) is 74.1 Å². The highest BCUT2D eigenvalue weighted by Crippen LogP contribution is 2.36. The third-order valence-electron chi connectivity index (χ3n) is 3.28. The lowest BCUT2D eigenvalue weighted by molar-refractivity contribution is -0.118. The van der Waals surface area contributed by atoms with Crippen LogP contribution in [0.15, 0.2) is 30.5 Å². The summed E-state index contributed by atoms with van der Waals surface area (Å²) in [5.41, 5.74) is 0.282. The normalized spacial score (nSPS) is 10.2. The highest BCUT2D eigenvalue weighted by Gasteiger charge is 2.30. The fourth-order valence-electron chi connectivity index (χ4n) is 2.17. The summed E-state index contributed by atoms with van der Waals surface area (Å²) in [6.07, 6.45) is 2.06. The van der Waals surface area contributed by atoms with Gasteiger partial charge in [0.1, 0.15) is 5.15 Å². The average Bonchev–Trinajstić information content (AvgIpc) is 2.57. The van der Waals surface area contributed by atoms with Gasteiger partial charge in [0, 0.05) is 12.6 Å². The predicted molar refractivity (Wildman–Crippen MR) is 97.1 cm³/mol. The minimum atomic E-state index is -0.690. The lowest BCUT2D eigenvalue weighted by Gasteiger charge is -2.23. The predicted octanol–water partition coefficient (Wildman–Crippen LogP) is 4.89. The van der Waals surface area contributed by atoms with E-state index >= 15 is 0 Å². The third kappa shape index (κ3) is 4.10. The zero-order chi connectivity index (χ0) is 18.6. The van der Waals surface area contributed by atoms with Crippen molar-refractivity contribution in [1.29, 1.82) is 5.26 Å². The van der Waals surface area contributed by atoms with Crippen molar-refractivity contribution in [2.24, 2.45) is 0 Å². The van der Waals surface area contributed by atoms with E-state index in [0.29, 0.717) is 6.42 Å². The number of imide groups is 1. The number of benzene rings is 1. The number of hydrogen-bond acceptors (Lipinski definition) is 4. The minimum absolute atomic E-state index is 0.0156. The largest absolute Gasteiger partial charge is 0.274 e. The summed E-state index contributed by atoms with van der Waals surface area (Å²) >= 11 is 18.4. The molecule has 1 heterocycles. The van der Waals surface area contributed by atoms with Gasteiger partial charge in [0.2, 0.25) is 5.91 Å². The molecule has 128 valence electrons. The van der Waals surface area contributed by atoms with E-state index in [1.54, 1.807) is 6.92 Å². The van der Waals surface area contributed by atoms with Crippen molar-refractivity contribution in [1.82, 2.24) is 4.98 Å². The molecule has 1 aromatic carbocycles. The third-order valence-corrected chi connectivity index (χ3v) is 4.15. The number of aromatic nitrogens is 1. The van der Waals surface area contributed by atoms with Crippen molar-refractivity contribution < 1.29 is 9.59 Å². The summed E-state index contributed by atoms with van der Waals surface area (Å²) in [5.74, 6) is -1.18. The Morgan fingerprint density at radius 2 is 1.88 bits per heavy atom. The molecule has 5 nitrogen and oxygen atoms in total. The Balaban J connectivity index is 2.63. The van der Waals surface area contributed by atoms with Crippen LogP contribution >= 0.6 is 34.8 Å². The van der Waals surface area contributed by atoms with E-state index in [1.165, 1.54) is 30.5 Å². The molecule has 0 bridgehead atoms. The Morgan fingerprint density at radius 1 is 1.24 bits per heavy atom. The number of hydrogen-bond donors (Lipinski definition) is 0. The summed E-state index contributed by atoms with van der Waals surface area (Å²) in [6, 6.07) is 7.58. The quantitative estimate of drug-likeness (QED) is 0.690. The molecule has 1 aromatic heterocycles. The molecule has 0 fully saturated rings. The summed E-state index contributed by atoms with van der Waals surface area (Å²) in [7, 11) is 0. The molecule has 2 rings (SSSR count). The number of pyridine rings is 1. The molecule has 2 amide bonds. The van der Waals surface area contributed by atoms with E-state index < -0.39 is 11.8 Å². The molecule has 2 aromatic rings. The smallest absolute Gasteiger partial charge is 0.268 e. The zero-order valence-electron chi connectivity index (χ0n) is 13.1. The van der Waals surface area contributed by atoms with Gasteiger partial charge < -0.3 is 0 Å². The Bertz CT molecular complexity index is 855. The van der Waals surface area contributed by atoms with E-state index in [9.17, 15) is 9.59 Å². The van der Waals surface area contributed by atoms with Crippen LogP contribution in [-0.2, 0) is 4.79 Å². The lowest BCUT2D eigenvalue weighted by Crippen LogP contribution is -2.37. The number of rotatable bonds is 4. The SMILES string of the molecule is CCCC(=O)N(C(=O)c1cccnc1Cl)c1c(Cl)cc(C#N)cc1Cl. The first-order valence-electron chi connectivity index (χ1n) is 7.27. The van der Waals surface area contributed by atoms with Gasteiger partial charge in [-0.25, -0.2) is 9.88 Å². The van der Waals surface area contributed by atoms with Gasteiger partial charge in [0.05, 0.1) is 32.9 Å². The van der Waals surface area contributed by atoms with Gasteiger partial charge in [0.25, 0.3) is 5.91 Å². The molecular weight excluding hydrogens is 385 g/mol. The van der Waals surface area contributed by atoms with Gasteiger partial charge in [-0.05, 0) is 30.7 Å². The summed E-state index contributed by atoms with van der Waals surface area (Å²) in [6.45, 7) is 1.81. The number of carbonyl (C=O) groups is 2. The molecule has 8 heteroatoms. The van der Waals surface area contributed by atoms with Crippen LogP contribution in [0.1, 0.15) is 35.7 Å². The first-order valence-corrected chi connectivity index (χ1v) is 8.41. The van der Waals surface area contributed by atoms with Crippen molar-refractivity contribution in [3.8, 4) is 6.07 Å². The molecule has 0 atom stereocenters. The number of anilines is 1. The van der Waals surface area contributed by atoms with E-state index in [4.69, 9.17) is 40.1 Å². The van der Waals surface area contributed by atoms with Gasteiger partial charge >= 0.3 is 0 Å². The molecule has 0 radical (unpaired) electrons. The Kier molecular flexibility index (Phi) is 6.38. The van der Waals surface area contributed by atoms with Crippen LogP contribution < -0.4 is 4.90 Å². The van der Waals surface area contributed by atoms with Crippen molar-refractivity contribution in [2.75, 3.05) is 4.90 Å². The van der Waals surface area contributed by atoms with Crippen molar-refractivity contribution in [2.45, 2.75) is 19.8 Å². The molecule has 25 heavy (non-hydrogen) atoms. The standard InChI is InChI=1S/C17H12Cl3N3O2/c1-2-4-14(24)23(17(25)11-5-3-6-22-16(11)20)15-12(18)7-10(9-21)8-13(15)19/h3,5-8H,2,4H2,1H3. The second-order valence-corrected chi connectivity index (χ2v) is 6.20. The van der Waals surface area contributed by atoms with Crippen LogP contribution in [-0.4, -0.2) is 16.8 Å². The van der Waals surface area contributed by atoms with Gasteiger partial charge in [-0.1, -0.05) is 41.7 Å². The van der Waals surface area contributed by atoms with Crippen LogP contribution in [0, 0.1) is 11.3 Å². The Hall–Kier alpha value is -2.13. The van der Waals surface area contributed by atoms with Crippen LogP contribution in [0.2, 0.25) is 15.2 Å². The number of amides is 2. The highest BCUT2D eigenvalue weighted by molar-refractivity contribution is 6.43. The maximum atomic E-state index is 12.9. The molecule has 0 aliphatic carbocycles. The van der Waals surface area contributed by atoms with Crippen molar-refractivity contribution in [3.05, 3.63) is 56.8 Å². The Morgan fingerprint density at radius 3 is 2.40 bits per heavy atom. The van der Waals surface area contributed by atoms with Crippen LogP contribution in [0.5, 0.6) is 0 Å². The first-order chi connectivity index (χ1) is 11.9. The number of nitrogens with zero attached hydrogens (tertiary/aromatic N) is 3. The number of carbonyl (C=O) groups excluding carboxylic acids is 2. The highest BCUT2D eigenvalue weighted by atomic mass is 35.5.